The van der Waals surface area contributed by atoms with Crippen LogP contribution in [0.25, 0.3) is 0 Å². The first-order valence-electron chi connectivity index (χ1n) is 15.7. The number of aryl methyl sites for hydroxylation is 1. The van der Waals surface area contributed by atoms with Gasteiger partial charge in [-0.2, -0.15) is 0 Å². The van der Waals surface area contributed by atoms with Gasteiger partial charge in [0.1, 0.15) is 12.2 Å². The van der Waals surface area contributed by atoms with Crippen LogP contribution in [0.5, 0.6) is 0 Å². The first-order valence-corrected chi connectivity index (χ1v) is 16.8. The van der Waals surface area contributed by atoms with Gasteiger partial charge in [-0.15, -0.1) is 0 Å². The second-order valence-electron chi connectivity index (χ2n) is 13.0. The molecule has 0 saturated heterocycles. The molecule has 0 spiro atoms. The van der Waals surface area contributed by atoms with E-state index in [1.807, 2.05) is 55.5 Å². The molecule has 4 fully saturated rings. The molecule has 7 atom stereocenters. The van der Waals surface area contributed by atoms with Crippen LogP contribution in [0.3, 0.4) is 0 Å². The van der Waals surface area contributed by atoms with Crippen molar-refractivity contribution in [2.75, 3.05) is 0 Å². The molecular weight excluding hydrogens is 611 g/mol. The van der Waals surface area contributed by atoms with Gasteiger partial charge in [-0.1, -0.05) is 69.1 Å². The summed E-state index contributed by atoms with van der Waals surface area (Å²) < 4.78 is 13.6. The third-order valence-corrected chi connectivity index (χ3v) is 11.4. The molecule has 0 amide bonds. The molecule has 214 valence electrons. The Kier molecular flexibility index (Phi) is 8.86. The molecule has 40 heavy (non-hydrogen) atoms. The summed E-state index contributed by atoms with van der Waals surface area (Å²) in [5, 5.41) is 0. The molecule has 0 radical (unpaired) electrons. The van der Waals surface area contributed by atoms with Gasteiger partial charge in [-0.25, -0.2) is 9.59 Å². The van der Waals surface area contributed by atoms with Crippen molar-refractivity contribution in [1.29, 1.82) is 0 Å². The van der Waals surface area contributed by atoms with Gasteiger partial charge in [0, 0.05) is 15.4 Å². The SMILES string of the molecule is Cc1ccc(C(=O)OC2C3CC(C4CCC(C5CCCCCCCC5)CC43)C2OC(=O)c2ccc(I)cc2)cc1. The highest BCUT2D eigenvalue weighted by atomic mass is 127. The second kappa shape index (κ2) is 12.5. The lowest BCUT2D eigenvalue weighted by Gasteiger charge is -2.46. The summed E-state index contributed by atoms with van der Waals surface area (Å²) >= 11 is 2.24. The van der Waals surface area contributed by atoms with Crippen LogP contribution in [-0.2, 0) is 9.47 Å². The molecule has 4 aliphatic carbocycles. The lowest BCUT2D eigenvalue weighted by molar-refractivity contribution is -0.0934. The number of hydrogen-bond donors (Lipinski definition) is 0. The van der Waals surface area contributed by atoms with E-state index in [0.717, 1.165) is 27.4 Å². The van der Waals surface area contributed by atoms with Crippen molar-refractivity contribution in [3.63, 3.8) is 0 Å². The van der Waals surface area contributed by atoms with Crippen LogP contribution in [0.15, 0.2) is 48.5 Å². The number of carbonyl (C=O) groups is 2. The number of hydrogen-bond acceptors (Lipinski definition) is 4. The molecule has 5 heteroatoms. The Bertz CT molecular complexity index is 1160. The summed E-state index contributed by atoms with van der Waals surface area (Å²) in [5.74, 6) is 2.73. The van der Waals surface area contributed by atoms with Gasteiger partial charge in [0.2, 0.25) is 0 Å². The minimum atomic E-state index is -0.368. The average Bonchev–Trinajstić information content (AvgIpc) is 3.54. The maximum Gasteiger partial charge on any atom is 0.338 e. The molecule has 0 N–H and O–H groups in total. The van der Waals surface area contributed by atoms with Crippen LogP contribution < -0.4 is 0 Å². The van der Waals surface area contributed by atoms with Crippen LogP contribution in [-0.4, -0.2) is 24.1 Å². The Hall–Kier alpha value is -1.89. The van der Waals surface area contributed by atoms with Crippen LogP contribution in [0.4, 0.5) is 0 Å². The van der Waals surface area contributed by atoms with Crippen molar-refractivity contribution >= 4 is 34.5 Å². The maximum absolute atomic E-state index is 13.3. The van der Waals surface area contributed by atoms with E-state index in [2.05, 4.69) is 22.6 Å². The van der Waals surface area contributed by atoms with Crippen LogP contribution in [0.1, 0.15) is 103 Å². The predicted molar refractivity (Wildman–Crippen MR) is 165 cm³/mol. The van der Waals surface area contributed by atoms with Gasteiger partial charge in [-0.3, -0.25) is 0 Å². The average molecular weight is 655 g/mol. The summed E-state index contributed by atoms with van der Waals surface area (Å²) in [4.78, 5) is 26.6. The summed E-state index contributed by atoms with van der Waals surface area (Å²) in [6, 6.07) is 15.1. The number of halogens is 1. The van der Waals surface area contributed by atoms with Crippen molar-refractivity contribution < 1.29 is 19.1 Å². The van der Waals surface area contributed by atoms with E-state index < -0.39 is 0 Å². The lowest BCUT2D eigenvalue weighted by atomic mass is 9.62. The van der Waals surface area contributed by atoms with Crippen molar-refractivity contribution in [2.24, 2.45) is 35.5 Å². The molecule has 0 aromatic heterocycles. The van der Waals surface area contributed by atoms with E-state index >= 15 is 0 Å². The fraction of sp³-hybridized carbons (Fsp3) is 0.600. The Balaban J connectivity index is 1.21. The molecule has 2 aromatic carbocycles. The number of carbonyl (C=O) groups excluding carboxylic acids is 2. The predicted octanol–water partition coefficient (Wildman–Crippen LogP) is 8.78. The molecule has 2 bridgehead atoms. The van der Waals surface area contributed by atoms with Gasteiger partial charge in [-0.05, 0) is 115 Å². The van der Waals surface area contributed by atoms with Gasteiger partial charge in [0.25, 0.3) is 0 Å². The number of rotatable bonds is 5. The Morgan fingerprint density at radius 2 is 1.12 bits per heavy atom. The fourth-order valence-corrected chi connectivity index (χ4v) is 9.08. The minimum absolute atomic E-state index is 0.276. The van der Waals surface area contributed by atoms with Crippen molar-refractivity contribution in [3.05, 3.63) is 68.8 Å². The fourth-order valence-electron chi connectivity index (χ4n) is 8.73. The molecule has 4 aliphatic rings. The third-order valence-electron chi connectivity index (χ3n) is 10.7. The molecule has 2 aromatic rings. The zero-order valence-electron chi connectivity index (χ0n) is 23.7. The van der Waals surface area contributed by atoms with E-state index in [0.29, 0.717) is 23.0 Å². The monoisotopic (exact) mass is 654 g/mol. The Morgan fingerprint density at radius 1 is 0.600 bits per heavy atom. The van der Waals surface area contributed by atoms with E-state index in [9.17, 15) is 9.59 Å². The third kappa shape index (κ3) is 6.00. The van der Waals surface area contributed by atoms with E-state index in [-0.39, 0.29) is 36.0 Å². The molecule has 4 saturated carbocycles. The minimum Gasteiger partial charge on any atom is -0.455 e. The normalized spacial score (nSPS) is 32.4. The van der Waals surface area contributed by atoms with E-state index in [1.165, 1.54) is 70.6 Å². The quantitative estimate of drug-likeness (QED) is 0.239. The van der Waals surface area contributed by atoms with Crippen molar-refractivity contribution in [2.45, 2.75) is 96.2 Å². The van der Waals surface area contributed by atoms with Gasteiger partial charge in [0.15, 0.2) is 0 Å². The molecular formula is C35H43IO4. The van der Waals surface area contributed by atoms with Crippen molar-refractivity contribution in [3.8, 4) is 0 Å². The first-order chi connectivity index (χ1) is 19.5. The Morgan fingerprint density at radius 3 is 1.73 bits per heavy atom. The number of esters is 2. The second-order valence-corrected chi connectivity index (χ2v) is 14.3. The summed E-state index contributed by atoms with van der Waals surface area (Å²) in [6.45, 7) is 2.02. The largest absolute Gasteiger partial charge is 0.455 e. The summed E-state index contributed by atoms with van der Waals surface area (Å²) in [7, 11) is 0. The highest BCUT2D eigenvalue weighted by Gasteiger charge is 2.62. The van der Waals surface area contributed by atoms with E-state index in [4.69, 9.17) is 9.47 Å². The van der Waals surface area contributed by atoms with Crippen molar-refractivity contribution in [1.82, 2.24) is 0 Å². The highest BCUT2D eigenvalue weighted by molar-refractivity contribution is 14.1. The molecule has 0 aliphatic heterocycles. The smallest absolute Gasteiger partial charge is 0.338 e. The number of ether oxygens (including phenoxy) is 2. The molecule has 4 nitrogen and oxygen atoms in total. The standard InChI is InChI=1S/C35H43IO4/c1-22-10-12-24(13-11-22)34(37)40-33-31-21-30(32(33)39-35(38)25-14-17-27(36)18-15-25)28-19-16-26(20-29(28)31)23-8-6-4-2-3-5-7-9-23/h10-15,17-18,23,26,28-33H,2-9,16,19-21H2,1H3. The maximum atomic E-state index is 13.3. The number of benzene rings is 2. The van der Waals surface area contributed by atoms with Crippen LogP contribution >= 0.6 is 22.6 Å². The molecule has 6 rings (SSSR count). The topological polar surface area (TPSA) is 52.6 Å². The van der Waals surface area contributed by atoms with Gasteiger partial charge in [0.05, 0.1) is 11.1 Å². The van der Waals surface area contributed by atoms with Gasteiger partial charge >= 0.3 is 11.9 Å². The summed E-state index contributed by atoms with van der Waals surface area (Å²) in [6.07, 6.45) is 15.2. The van der Waals surface area contributed by atoms with Gasteiger partial charge < -0.3 is 9.47 Å². The van der Waals surface area contributed by atoms with E-state index in [1.54, 1.807) is 0 Å². The van der Waals surface area contributed by atoms with Crippen LogP contribution in [0.2, 0.25) is 0 Å². The number of fused-ring (bicyclic) bond motifs is 5. The first kappa shape index (κ1) is 28.2. The molecule has 0 heterocycles. The highest BCUT2D eigenvalue weighted by Crippen LogP contribution is 2.61. The zero-order valence-corrected chi connectivity index (χ0v) is 25.9. The van der Waals surface area contributed by atoms with Crippen LogP contribution in [0, 0.1) is 46.0 Å². The Labute approximate surface area is 253 Å². The lowest BCUT2D eigenvalue weighted by Crippen LogP contribution is -2.48. The zero-order chi connectivity index (χ0) is 27.6. The molecule has 7 unspecified atom stereocenters. The summed E-state index contributed by atoms with van der Waals surface area (Å²) in [5.41, 5.74) is 2.24.